The number of hydrogen-bond acceptors (Lipinski definition) is 5. The number of benzene rings is 1. The predicted molar refractivity (Wildman–Crippen MR) is 90.0 cm³/mol. The van der Waals surface area contributed by atoms with E-state index in [1.54, 1.807) is 22.0 Å². The van der Waals surface area contributed by atoms with Crippen LogP contribution in [0.4, 0.5) is 10.1 Å². The number of carbonyl (C=O) groups is 1. The first-order valence-corrected chi connectivity index (χ1v) is 8.44. The van der Waals surface area contributed by atoms with Gasteiger partial charge >= 0.3 is 0 Å². The van der Waals surface area contributed by atoms with Crippen molar-refractivity contribution in [3.8, 4) is 10.6 Å². The van der Waals surface area contributed by atoms with Gasteiger partial charge in [0.05, 0.1) is 29.6 Å². The minimum atomic E-state index is -0.447. The molecular weight excluding hydrogens is 331 g/mol. The molecule has 3 aromatic rings. The molecule has 0 radical (unpaired) electrons. The van der Waals surface area contributed by atoms with Gasteiger partial charge in [0.25, 0.3) is 5.91 Å². The standard InChI is InChI=1S/C16H15FN4O2S/c17-3-4-20-9-11(8-18-20)16-19-13-2-1-12(7-14(13)24-16)21-5-6-23-10-15(21)22/h1-2,7-9H,3-6,10H2. The largest absolute Gasteiger partial charge is 0.370 e. The van der Waals surface area contributed by atoms with Gasteiger partial charge in [0.2, 0.25) is 0 Å². The van der Waals surface area contributed by atoms with E-state index in [1.165, 1.54) is 11.3 Å². The first-order chi connectivity index (χ1) is 11.7. The summed E-state index contributed by atoms with van der Waals surface area (Å²) in [5.41, 5.74) is 2.60. The smallest absolute Gasteiger partial charge is 0.253 e. The number of alkyl halides is 1. The Bertz CT molecular complexity index is 891. The zero-order valence-electron chi connectivity index (χ0n) is 12.8. The molecule has 0 saturated carbocycles. The van der Waals surface area contributed by atoms with Crippen LogP contribution < -0.4 is 4.90 Å². The third-order valence-electron chi connectivity index (χ3n) is 3.86. The molecule has 8 heteroatoms. The van der Waals surface area contributed by atoms with Gasteiger partial charge in [-0.25, -0.2) is 9.37 Å². The van der Waals surface area contributed by atoms with E-state index in [2.05, 4.69) is 10.1 Å². The Morgan fingerprint density at radius 2 is 2.29 bits per heavy atom. The summed E-state index contributed by atoms with van der Waals surface area (Å²) in [4.78, 5) is 18.3. The summed E-state index contributed by atoms with van der Waals surface area (Å²) in [5.74, 6) is -0.0298. The van der Waals surface area contributed by atoms with Crippen molar-refractivity contribution in [2.24, 2.45) is 0 Å². The summed E-state index contributed by atoms with van der Waals surface area (Å²) in [5, 5.41) is 4.96. The molecule has 0 unspecified atom stereocenters. The van der Waals surface area contributed by atoms with Crippen molar-refractivity contribution in [2.45, 2.75) is 6.54 Å². The highest BCUT2D eigenvalue weighted by Crippen LogP contribution is 2.32. The van der Waals surface area contributed by atoms with Crippen LogP contribution in [0.5, 0.6) is 0 Å². The summed E-state index contributed by atoms with van der Waals surface area (Å²) in [7, 11) is 0. The number of hydrogen-bond donors (Lipinski definition) is 0. The molecule has 1 fully saturated rings. The number of aromatic nitrogens is 3. The number of halogens is 1. The van der Waals surface area contributed by atoms with Gasteiger partial charge in [-0.2, -0.15) is 5.10 Å². The van der Waals surface area contributed by atoms with Gasteiger partial charge in [-0.15, -0.1) is 11.3 Å². The summed E-state index contributed by atoms with van der Waals surface area (Å²) in [6.45, 7) is 1.03. The van der Waals surface area contributed by atoms with E-state index in [4.69, 9.17) is 4.74 Å². The molecular formula is C16H15FN4O2S. The highest BCUT2D eigenvalue weighted by atomic mass is 32.1. The number of nitrogens with zero attached hydrogens (tertiary/aromatic N) is 4. The molecule has 0 spiro atoms. The van der Waals surface area contributed by atoms with E-state index in [1.807, 2.05) is 18.2 Å². The Morgan fingerprint density at radius 3 is 3.12 bits per heavy atom. The number of anilines is 1. The van der Waals surface area contributed by atoms with Gasteiger partial charge in [-0.1, -0.05) is 0 Å². The molecule has 0 N–H and O–H groups in total. The summed E-state index contributed by atoms with van der Waals surface area (Å²) < 4.78 is 20.1. The number of thiazole rings is 1. The van der Waals surface area contributed by atoms with Gasteiger partial charge in [0, 0.05) is 24.0 Å². The highest BCUT2D eigenvalue weighted by Gasteiger charge is 2.21. The fraction of sp³-hybridized carbons (Fsp3) is 0.312. The maximum atomic E-state index is 12.4. The van der Waals surface area contributed by atoms with E-state index in [9.17, 15) is 9.18 Å². The molecule has 1 aliphatic rings. The van der Waals surface area contributed by atoms with Crippen molar-refractivity contribution in [2.75, 3.05) is 31.3 Å². The van der Waals surface area contributed by atoms with Gasteiger partial charge in [0.1, 0.15) is 18.3 Å². The monoisotopic (exact) mass is 346 g/mol. The molecule has 1 saturated heterocycles. The number of morpholine rings is 1. The van der Waals surface area contributed by atoms with Gasteiger partial charge in [-0.05, 0) is 18.2 Å². The van der Waals surface area contributed by atoms with Crippen LogP contribution in [-0.4, -0.2) is 47.1 Å². The summed E-state index contributed by atoms with van der Waals surface area (Å²) in [6, 6.07) is 5.80. The molecule has 24 heavy (non-hydrogen) atoms. The average molecular weight is 346 g/mol. The zero-order valence-corrected chi connectivity index (χ0v) is 13.6. The number of carbonyl (C=O) groups excluding carboxylic acids is 1. The SMILES string of the molecule is O=C1COCCN1c1ccc2nc(-c3cnn(CCF)c3)sc2c1. The molecule has 2 aromatic heterocycles. The third kappa shape index (κ3) is 2.78. The molecule has 124 valence electrons. The highest BCUT2D eigenvalue weighted by molar-refractivity contribution is 7.21. The normalized spacial score (nSPS) is 15.4. The minimum Gasteiger partial charge on any atom is -0.370 e. The lowest BCUT2D eigenvalue weighted by atomic mass is 10.2. The summed E-state index contributed by atoms with van der Waals surface area (Å²) in [6.07, 6.45) is 3.49. The van der Waals surface area contributed by atoms with Crippen molar-refractivity contribution >= 4 is 33.1 Å². The van der Waals surface area contributed by atoms with Crippen LogP contribution in [0.25, 0.3) is 20.8 Å². The lowest BCUT2D eigenvalue weighted by Gasteiger charge is -2.26. The van der Waals surface area contributed by atoms with E-state index in [0.29, 0.717) is 13.2 Å². The molecule has 0 bridgehead atoms. The van der Waals surface area contributed by atoms with Gasteiger partial charge < -0.3 is 9.64 Å². The topological polar surface area (TPSA) is 60.2 Å². The third-order valence-corrected chi connectivity index (χ3v) is 4.93. The molecule has 6 nitrogen and oxygen atoms in total. The number of rotatable bonds is 4. The number of fused-ring (bicyclic) bond motifs is 1. The van der Waals surface area contributed by atoms with Crippen LogP contribution in [0.15, 0.2) is 30.6 Å². The van der Waals surface area contributed by atoms with Crippen molar-refractivity contribution in [3.63, 3.8) is 0 Å². The zero-order chi connectivity index (χ0) is 16.5. The Labute approximate surface area is 141 Å². The molecule has 1 aromatic carbocycles. The van der Waals surface area contributed by atoms with Crippen molar-refractivity contribution < 1.29 is 13.9 Å². The van der Waals surface area contributed by atoms with Gasteiger partial charge in [0.15, 0.2) is 0 Å². The Kier molecular flexibility index (Phi) is 3.99. The van der Waals surface area contributed by atoms with E-state index >= 15 is 0 Å². The second-order valence-electron chi connectivity index (χ2n) is 5.45. The molecule has 0 aliphatic carbocycles. The lowest BCUT2D eigenvalue weighted by Crippen LogP contribution is -2.41. The first kappa shape index (κ1) is 15.2. The van der Waals surface area contributed by atoms with Crippen LogP contribution >= 0.6 is 11.3 Å². The van der Waals surface area contributed by atoms with Gasteiger partial charge in [-0.3, -0.25) is 9.48 Å². The Hall–Kier alpha value is -2.32. The number of aryl methyl sites for hydroxylation is 1. The van der Waals surface area contributed by atoms with Crippen molar-refractivity contribution in [3.05, 3.63) is 30.6 Å². The fourth-order valence-electron chi connectivity index (χ4n) is 2.68. The average Bonchev–Trinajstić information content (AvgIpc) is 3.21. The Morgan fingerprint density at radius 1 is 1.38 bits per heavy atom. The van der Waals surface area contributed by atoms with Crippen molar-refractivity contribution in [1.29, 1.82) is 0 Å². The molecule has 4 rings (SSSR count). The first-order valence-electron chi connectivity index (χ1n) is 7.62. The van der Waals surface area contributed by atoms with Crippen LogP contribution in [0.2, 0.25) is 0 Å². The van der Waals surface area contributed by atoms with Crippen LogP contribution in [-0.2, 0) is 16.1 Å². The number of ether oxygens (including phenoxy) is 1. The minimum absolute atomic E-state index is 0.0298. The quantitative estimate of drug-likeness (QED) is 0.728. The van der Waals surface area contributed by atoms with Crippen LogP contribution in [0.1, 0.15) is 0 Å². The van der Waals surface area contributed by atoms with E-state index < -0.39 is 6.67 Å². The number of amides is 1. The fourth-order valence-corrected chi connectivity index (χ4v) is 3.65. The van der Waals surface area contributed by atoms with E-state index in [0.717, 1.165) is 26.5 Å². The molecule has 3 heterocycles. The van der Waals surface area contributed by atoms with E-state index in [-0.39, 0.29) is 19.1 Å². The second kappa shape index (κ2) is 6.29. The van der Waals surface area contributed by atoms with Crippen LogP contribution in [0, 0.1) is 0 Å². The van der Waals surface area contributed by atoms with Crippen molar-refractivity contribution in [1.82, 2.24) is 14.8 Å². The molecule has 0 atom stereocenters. The second-order valence-corrected chi connectivity index (χ2v) is 6.48. The maximum Gasteiger partial charge on any atom is 0.253 e. The van der Waals surface area contributed by atoms with Crippen LogP contribution in [0.3, 0.4) is 0 Å². The Balaban J connectivity index is 1.66. The lowest BCUT2D eigenvalue weighted by molar-refractivity contribution is -0.125. The predicted octanol–water partition coefficient (Wildman–Crippen LogP) is 2.49. The molecule has 1 aliphatic heterocycles. The maximum absolute atomic E-state index is 12.4. The molecule has 1 amide bonds. The summed E-state index contributed by atoms with van der Waals surface area (Å²) >= 11 is 1.53.